The van der Waals surface area contributed by atoms with E-state index >= 15 is 0 Å². The highest BCUT2D eigenvalue weighted by molar-refractivity contribution is 6.27. The molecule has 0 saturated heterocycles. The Balaban J connectivity index is 2.77. The predicted molar refractivity (Wildman–Crippen MR) is 94.8 cm³/mol. The number of aromatic hydroxyl groups is 2. The summed E-state index contributed by atoms with van der Waals surface area (Å²) >= 11 is 0. The van der Waals surface area contributed by atoms with E-state index in [2.05, 4.69) is 0 Å². The topological polar surface area (TPSA) is 91.7 Å². The highest BCUT2D eigenvalue weighted by Gasteiger charge is 2.27. The number of benzene rings is 3. The van der Waals surface area contributed by atoms with Gasteiger partial charge in [-0.15, -0.1) is 0 Å². The molecule has 0 unspecified atom stereocenters. The minimum Gasteiger partial charge on any atom is -0.504 e. The molecule has 5 heteroatoms. The fraction of sp³-hybridized carbons (Fsp3) is 0.150. The summed E-state index contributed by atoms with van der Waals surface area (Å²) in [5, 5.41) is 22.4. The molecule has 2 N–H and O–H groups in total. The van der Waals surface area contributed by atoms with E-state index in [4.69, 9.17) is 0 Å². The van der Waals surface area contributed by atoms with Crippen LogP contribution < -0.4 is 0 Å². The first kappa shape index (κ1) is 16.6. The summed E-state index contributed by atoms with van der Waals surface area (Å²) in [7, 11) is 0. The minimum atomic E-state index is -0.644. The summed E-state index contributed by atoms with van der Waals surface area (Å²) in [5.74, 6) is -2.50. The quantitative estimate of drug-likeness (QED) is 0.428. The van der Waals surface area contributed by atoms with Gasteiger partial charge < -0.3 is 10.2 Å². The Hall–Kier alpha value is -3.21. The lowest BCUT2D eigenvalue weighted by Crippen LogP contribution is -2.09. The molecule has 0 aliphatic carbocycles. The second-order valence-electron chi connectivity index (χ2n) is 6.01. The molecule has 0 fully saturated rings. The van der Waals surface area contributed by atoms with Crippen LogP contribution in [0.3, 0.4) is 0 Å². The number of carbonyl (C=O) groups excluding carboxylic acids is 3. The van der Waals surface area contributed by atoms with Gasteiger partial charge in [0.05, 0.1) is 5.56 Å². The van der Waals surface area contributed by atoms with Crippen LogP contribution in [0, 0.1) is 0 Å². The molecule has 0 aliphatic rings. The standard InChI is InChI=1S/C20H16O5/c1-9(21)15-13-7-5-4-6-12(13)8-14-18(15)16(10(2)22)17(11(3)23)20(25)19(14)24/h4-8,24-25H,1-3H3. The fourth-order valence-electron chi connectivity index (χ4n) is 3.34. The summed E-state index contributed by atoms with van der Waals surface area (Å²) in [6.07, 6.45) is 0. The van der Waals surface area contributed by atoms with Gasteiger partial charge in [-0.2, -0.15) is 0 Å². The van der Waals surface area contributed by atoms with Crippen molar-refractivity contribution in [3.8, 4) is 11.5 Å². The number of hydrogen-bond donors (Lipinski definition) is 2. The number of fused-ring (bicyclic) bond motifs is 2. The van der Waals surface area contributed by atoms with Crippen molar-refractivity contribution in [2.75, 3.05) is 0 Å². The molecule has 25 heavy (non-hydrogen) atoms. The molecule has 0 atom stereocenters. The zero-order chi connectivity index (χ0) is 18.5. The summed E-state index contributed by atoms with van der Waals surface area (Å²) < 4.78 is 0. The highest BCUT2D eigenvalue weighted by Crippen LogP contribution is 2.44. The molecule has 0 spiro atoms. The molecule has 3 aromatic carbocycles. The molecule has 0 bridgehead atoms. The summed E-state index contributed by atoms with van der Waals surface area (Å²) in [6, 6.07) is 8.66. The first-order valence-electron chi connectivity index (χ1n) is 7.71. The number of carbonyl (C=O) groups is 3. The third-order valence-electron chi connectivity index (χ3n) is 4.32. The average molecular weight is 336 g/mol. The van der Waals surface area contributed by atoms with Gasteiger partial charge in [-0.25, -0.2) is 0 Å². The largest absolute Gasteiger partial charge is 0.504 e. The Morgan fingerprint density at radius 2 is 1.28 bits per heavy atom. The number of phenolic OH excluding ortho intramolecular Hbond substituents is 2. The second kappa shape index (κ2) is 5.70. The van der Waals surface area contributed by atoms with Gasteiger partial charge in [-0.3, -0.25) is 14.4 Å². The normalized spacial score (nSPS) is 11.0. The first-order chi connectivity index (χ1) is 11.8. The van der Waals surface area contributed by atoms with Crippen LogP contribution in [0.1, 0.15) is 51.8 Å². The molecular formula is C20H16O5. The lowest BCUT2D eigenvalue weighted by atomic mass is 9.86. The maximum absolute atomic E-state index is 12.4. The smallest absolute Gasteiger partial charge is 0.169 e. The van der Waals surface area contributed by atoms with Gasteiger partial charge >= 0.3 is 0 Å². The van der Waals surface area contributed by atoms with E-state index in [9.17, 15) is 24.6 Å². The third-order valence-corrected chi connectivity index (χ3v) is 4.32. The van der Waals surface area contributed by atoms with Crippen molar-refractivity contribution in [1.82, 2.24) is 0 Å². The lowest BCUT2D eigenvalue weighted by Gasteiger charge is -2.17. The lowest BCUT2D eigenvalue weighted by molar-refractivity contribution is 0.0978. The first-order valence-corrected chi connectivity index (χ1v) is 7.71. The number of Topliss-reactive ketones (excluding diaryl/α,β-unsaturated/α-hetero) is 3. The minimum absolute atomic E-state index is 0.0475. The Morgan fingerprint density at radius 3 is 1.84 bits per heavy atom. The summed E-state index contributed by atoms with van der Waals surface area (Å²) in [5.41, 5.74) is -0.0693. The van der Waals surface area contributed by atoms with Gasteiger partial charge in [0.1, 0.15) is 0 Å². The van der Waals surface area contributed by atoms with Gasteiger partial charge in [0.2, 0.25) is 0 Å². The van der Waals surface area contributed by atoms with E-state index in [1.54, 1.807) is 30.3 Å². The van der Waals surface area contributed by atoms with Crippen LogP contribution in [0.15, 0.2) is 30.3 Å². The van der Waals surface area contributed by atoms with Crippen LogP contribution in [0.5, 0.6) is 11.5 Å². The molecule has 0 amide bonds. The Bertz CT molecular complexity index is 1090. The zero-order valence-corrected chi connectivity index (χ0v) is 14.0. The number of rotatable bonds is 3. The van der Waals surface area contributed by atoms with Gasteiger partial charge in [0.15, 0.2) is 28.8 Å². The number of phenols is 2. The highest BCUT2D eigenvalue weighted by atomic mass is 16.3. The van der Waals surface area contributed by atoms with Crippen LogP contribution in [0.4, 0.5) is 0 Å². The SMILES string of the molecule is CC(=O)c1c(O)c(O)c2cc3ccccc3c(C(C)=O)c2c1C(C)=O. The van der Waals surface area contributed by atoms with E-state index < -0.39 is 23.1 Å². The van der Waals surface area contributed by atoms with Crippen LogP contribution in [-0.2, 0) is 0 Å². The van der Waals surface area contributed by atoms with Crippen molar-refractivity contribution in [3.63, 3.8) is 0 Å². The van der Waals surface area contributed by atoms with Crippen LogP contribution in [0.25, 0.3) is 21.5 Å². The van der Waals surface area contributed by atoms with E-state index in [1.807, 2.05) is 0 Å². The van der Waals surface area contributed by atoms with Crippen molar-refractivity contribution >= 4 is 38.9 Å². The van der Waals surface area contributed by atoms with Crippen molar-refractivity contribution < 1.29 is 24.6 Å². The van der Waals surface area contributed by atoms with Gasteiger partial charge in [0, 0.05) is 21.9 Å². The van der Waals surface area contributed by atoms with Crippen LogP contribution in [0.2, 0.25) is 0 Å². The molecular weight excluding hydrogens is 320 g/mol. The van der Waals surface area contributed by atoms with E-state index in [-0.39, 0.29) is 33.2 Å². The van der Waals surface area contributed by atoms with Crippen LogP contribution in [-0.4, -0.2) is 27.6 Å². The Morgan fingerprint density at radius 1 is 0.720 bits per heavy atom. The van der Waals surface area contributed by atoms with Gasteiger partial charge in [0.25, 0.3) is 0 Å². The second-order valence-corrected chi connectivity index (χ2v) is 6.01. The maximum atomic E-state index is 12.4. The van der Waals surface area contributed by atoms with E-state index in [0.29, 0.717) is 10.8 Å². The molecule has 0 radical (unpaired) electrons. The average Bonchev–Trinajstić information content (AvgIpc) is 2.55. The van der Waals surface area contributed by atoms with Crippen molar-refractivity contribution in [3.05, 3.63) is 47.0 Å². The van der Waals surface area contributed by atoms with E-state index in [0.717, 1.165) is 0 Å². The van der Waals surface area contributed by atoms with Crippen molar-refractivity contribution in [1.29, 1.82) is 0 Å². The maximum Gasteiger partial charge on any atom is 0.169 e. The molecule has 0 heterocycles. The Kier molecular flexibility index (Phi) is 3.80. The van der Waals surface area contributed by atoms with Gasteiger partial charge in [-0.1, -0.05) is 24.3 Å². The van der Waals surface area contributed by atoms with Crippen LogP contribution >= 0.6 is 0 Å². The summed E-state index contributed by atoms with van der Waals surface area (Å²) in [4.78, 5) is 36.7. The van der Waals surface area contributed by atoms with Crippen molar-refractivity contribution in [2.24, 2.45) is 0 Å². The molecule has 0 aromatic heterocycles. The fourth-order valence-corrected chi connectivity index (χ4v) is 3.34. The Labute approximate surface area is 143 Å². The number of ketones is 3. The van der Waals surface area contributed by atoms with Gasteiger partial charge in [-0.05, 0) is 37.6 Å². The number of hydrogen-bond acceptors (Lipinski definition) is 5. The molecule has 3 rings (SSSR count). The molecule has 5 nitrogen and oxygen atoms in total. The monoisotopic (exact) mass is 336 g/mol. The van der Waals surface area contributed by atoms with Crippen molar-refractivity contribution in [2.45, 2.75) is 20.8 Å². The molecule has 126 valence electrons. The zero-order valence-electron chi connectivity index (χ0n) is 14.0. The summed E-state index contributed by atoms with van der Waals surface area (Å²) in [6.45, 7) is 3.82. The molecule has 0 saturated carbocycles. The molecule has 3 aromatic rings. The predicted octanol–water partition coefficient (Wildman–Crippen LogP) is 4.01. The third kappa shape index (κ3) is 2.36. The molecule has 0 aliphatic heterocycles. The van der Waals surface area contributed by atoms with E-state index in [1.165, 1.54) is 20.8 Å².